The van der Waals surface area contributed by atoms with Crippen molar-refractivity contribution >= 4 is 22.7 Å². The molecular formula is C17H16F2N4O2. The van der Waals surface area contributed by atoms with Crippen LogP contribution in [-0.4, -0.2) is 27.1 Å². The first-order chi connectivity index (χ1) is 12.0. The van der Waals surface area contributed by atoms with E-state index >= 15 is 0 Å². The number of fused-ring (bicyclic) bond motifs is 1. The summed E-state index contributed by atoms with van der Waals surface area (Å²) in [6.07, 6.45) is 0.996. The lowest BCUT2D eigenvalue weighted by Gasteiger charge is -2.03. The predicted molar refractivity (Wildman–Crippen MR) is 86.9 cm³/mol. The van der Waals surface area contributed by atoms with Crippen molar-refractivity contribution in [2.75, 3.05) is 5.32 Å². The fraction of sp³-hybridized carbons (Fsp3) is 0.353. The van der Waals surface area contributed by atoms with E-state index in [9.17, 15) is 13.6 Å². The number of amides is 1. The van der Waals surface area contributed by atoms with Gasteiger partial charge in [-0.15, -0.1) is 0 Å². The van der Waals surface area contributed by atoms with Crippen LogP contribution >= 0.6 is 0 Å². The summed E-state index contributed by atoms with van der Waals surface area (Å²) >= 11 is 0. The zero-order chi connectivity index (χ0) is 17.6. The van der Waals surface area contributed by atoms with Crippen molar-refractivity contribution in [1.82, 2.24) is 14.8 Å². The highest BCUT2D eigenvalue weighted by Gasteiger charge is 2.29. The molecule has 3 aromatic rings. The van der Waals surface area contributed by atoms with Crippen LogP contribution in [0.3, 0.4) is 0 Å². The lowest BCUT2D eigenvalue weighted by molar-refractivity contribution is 0.102. The molecule has 1 amide bonds. The number of oxazole rings is 1. The van der Waals surface area contributed by atoms with Crippen molar-refractivity contribution < 1.29 is 18.0 Å². The number of rotatable bonds is 5. The second kappa shape index (κ2) is 5.94. The van der Waals surface area contributed by atoms with Gasteiger partial charge in [-0.2, -0.15) is 5.10 Å². The van der Waals surface area contributed by atoms with Crippen LogP contribution in [-0.2, 0) is 6.54 Å². The Kier molecular flexibility index (Phi) is 3.74. The summed E-state index contributed by atoms with van der Waals surface area (Å²) in [4.78, 5) is 16.8. The summed E-state index contributed by atoms with van der Waals surface area (Å²) < 4.78 is 31.7. The Morgan fingerprint density at radius 1 is 1.44 bits per heavy atom. The van der Waals surface area contributed by atoms with E-state index in [1.165, 1.54) is 6.20 Å². The number of halogens is 2. The molecular weight excluding hydrogens is 330 g/mol. The van der Waals surface area contributed by atoms with Gasteiger partial charge in [0.05, 0.1) is 11.3 Å². The van der Waals surface area contributed by atoms with Crippen LogP contribution in [0.2, 0.25) is 0 Å². The maximum Gasteiger partial charge on any atom is 0.259 e. The van der Waals surface area contributed by atoms with Gasteiger partial charge in [-0.1, -0.05) is 0 Å². The van der Waals surface area contributed by atoms with Crippen molar-refractivity contribution in [3.8, 4) is 0 Å². The van der Waals surface area contributed by atoms with E-state index in [4.69, 9.17) is 4.42 Å². The first-order valence-electron chi connectivity index (χ1n) is 8.03. The van der Waals surface area contributed by atoms with Gasteiger partial charge in [0, 0.05) is 23.9 Å². The number of hydrogen-bond donors (Lipinski definition) is 1. The normalized spacial score (nSPS) is 14.4. The largest absolute Gasteiger partial charge is 0.440 e. The van der Waals surface area contributed by atoms with Crippen molar-refractivity contribution in [2.24, 2.45) is 0 Å². The third-order valence-electron chi connectivity index (χ3n) is 4.11. The highest BCUT2D eigenvalue weighted by molar-refractivity contribution is 6.05. The fourth-order valence-corrected chi connectivity index (χ4v) is 2.70. The molecule has 4 rings (SSSR count). The zero-order valence-corrected chi connectivity index (χ0v) is 13.5. The van der Waals surface area contributed by atoms with Crippen molar-refractivity contribution in [3.05, 3.63) is 41.5 Å². The molecule has 0 aliphatic heterocycles. The van der Waals surface area contributed by atoms with Gasteiger partial charge in [0.1, 0.15) is 12.1 Å². The number of nitrogens with one attached hydrogen (secondary N) is 1. The molecule has 1 aliphatic carbocycles. The number of carbonyl (C=O) groups is 1. The molecule has 2 heterocycles. The number of alkyl halides is 2. The molecule has 1 saturated carbocycles. The van der Waals surface area contributed by atoms with E-state index in [1.807, 2.05) is 0 Å². The molecule has 1 fully saturated rings. The van der Waals surface area contributed by atoms with Crippen LogP contribution < -0.4 is 5.32 Å². The summed E-state index contributed by atoms with van der Waals surface area (Å²) in [5.41, 5.74) is 2.58. The monoisotopic (exact) mass is 346 g/mol. The number of hydrogen-bond acceptors (Lipinski definition) is 4. The summed E-state index contributed by atoms with van der Waals surface area (Å²) in [5.74, 6) is 0.746. The molecule has 130 valence electrons. The Morgan fingerprint density at radius 3 is 2.96 bits per heavy atom. The number of nitrogens with zero attached hydrogens (tertiary/aromatic N) is 3. The number of aryl methyl sites for hydroxylation is 1. The first kappa shape index (κ1) is 15.7. The molecule has 6 nitrogen and oxygen atoms in total. The molecule has 0 saturated heterocycles. The van der Waals surface area contributed by atoms with Crippen molar-refractivity contribution in [2.45, 2.75) is 38.7 Å². The average molecular weight is 346 g/mol. The number of aromatic nitrogens is 3. The summed E-state index contributed by atoms with van der Waals surface area (Å²) in [6, 6.07) is 5.23. The Hall–Kier alpha value is -2.77. The summed E-state index contributed by atoms with van der Waals surface area (Å²) in [7, 11) is 0. The summed E-state index contributed by atoms with van der Waals surface area (Å²) in [6.45, 7) is 1.07. The third kappa shape index (κ3) is 3.24. The minimum atomic E-state index is -2.52. The van der Waals surface area contributed by atoms with E-state index in [0.717, 1.165) is 28.9 Å². The minimum Gasteiger partial charge on any atom is -0.440 e. The fourth-order valence-electron chi connectivity index (χ4n) is 2.70. The molecule has 1 aromatic carbocycles. The smallest absolute Gasteiger partial charge is 0.259 e. The van der Waals surface area contributed by atoms with E-state index < -0.39 is 18.9 Å². The SMILES string of the molecule is Cc1nn(CC(F)F)cc1C(=O)Nc1ccc2nc(C3CC3)oc2c1. The number of carbonyl (C=O) groups excluding carboxylic acids is 1. The minimum absolute atomic E-state index is 0.261. The molecule has 2 aromatic heterocycles. The topological polar surface area (TPSA) is 73.0 Å². The second-order valence-corrected chi connectivity index (χ2v) is 6.20. The quantitative estimate of drug-likeness (QED) is 0.764. The van der Waals surface area contributed by atoms with Gasteiger partial charge < -0.3 is 9.73 Å². The molecule has 0 radical (unpaired) electrons. The molecule has 0 unspecified atom stereocenters. The van der Waals surface area contributed by atoms with Gasteiger partial charge in [0.2, 0.25) is 0 Å². The Bertz CT molecular complexity index is 943. The maximum atomic E-state index is 12.4. The maximum absolute atomic E-state index is 12.4. The van der Waals surface area contributed by atoms with E-state index in [2.05, 4.69) is 15.4 Å². The van der Waals surface area contributed by atoms with Gasteiger partial charge in [-0.25, -0.2) is 13.8 Å². The lowest BCUT2D eigenvalue weighted by atomic mass is 10.2. The van der Waals surface area contributed by atoms with Gasteiger partial charge >= 0.3 is 0 Å². The lowest BCUT2D eigenvalue weighted by Crippen LogP contribution is -2.12. The van der Waals surface area contributed by atoms with Gasteiger partial charge in [0.15, 0.2) is 11.5 Å². The first-order valence-corrected chi connectivity index (χ1v) is 8.03. The summed E-state index contributed by atoms with van der Waals surface area (Å²) in [5, 5.41) is 6.68. The van der Waals surface area contributed by atoms with Crippen molar-refractivity contribution in [3.63, 3.8) is 0 Å². The Labute approximate surface area is 141 Å². The molecule has 0 atom stereocenters. The molecule has 1 aliphatic rings. The Morgan fingerprint density at radius 2 is 2.24 bits per heavy atom. The van der Waals surface area contributed by atoms with Crippen LogP contribution in [0.5, 0.6) is 0 Å². The third-order valence-corrected chi connectivity index (χ3v) is 4.11. The number of anilines is 1. The highest BCUT2D eigenvalue weighted by Crippen LogP contribution is 2.40. The van der Waals surface area contributed by atoms with Crippen LogP contribution in [0.1, 0.15) is 40.7 Å². The average Bonchev–Trinajstić information content (AvgIpc) is 3.21. The Balaban J connectivity index is 1.53. The van der Waals surface area contributed by atoms with E-state index in [-0.39, 0.29) is 5.56 Å². The second-order valence-electron chi connectivity index (χ2n) is 6.20. The van der Waals surface area contributed by atoms with Gasteiger partial charge in [-0.05, 0) is 31.9 Å². The standard InChI is InChI=1S/C17H16F2N4O2/c1-9-12(7-23(22-9)8-15(18)19)16(24)20-11-4-5-13-14(6-11)25-17(21-13)10-2-3-10/h4-7,10,15H,2-3,8H2,1H3,(H,20,24). The van der Waals surface area contributed by atoms with Crippen molar-refractivity contribution in [1.29, 1.82) is 0 Å². The zero-order valence-electron chi connectivity index (χ0n) is 13.5. The van der Waals surface area contributed by atoms with Crippen LogP contribution in [0, 0.1) is 6.92 Å². The van der Waals surface area contributed by atoms with Crippen LogP contribution in [0.25, 0.3) is 11.1 Å². The molecule has 0 spiro atoms. The molecule has 0 bridgehead atoms. The van der Waals surface area contributed by atoms with E-state index in [1.54, 1.807) is 25.1 Å². The van der Waals surface area contributed by atoms with E-state index in [0.29, 0.717) is 22.9 Å². The molecule has 8 heteroatoms. The van der Waals surface area contributed by atoms with Crippen LogP contribution in [0.4, 0.5) is 14.5 Å². The van der Waals surface area contributed by atoms with Gasteiger partial charge in [0.25, 0.3) is 12.3 Å². The molecule has 25 heavy (non-hydrogen) atoms. The number of benzene rings is 1. The van der Waals surface area contributed by atoms with Crippen LogP contribution in [0.15, 0.2) is 28.8 Å². The highest BCUT2D eigenvalue weighted by atomic mass is 19.3. The van der Waals surface area contributed by atoms with Gasteiger partial charge in [-0.3, -0.25) is 9.48 Å². The predicted octanol–water partition coefficient (Wildman–Crippen LogP) is 3.73. The molecule has 1 N–H and O–H groups in total.